The zero-order valence-corrected chi connectivity index (χ0v) is 14.2. The Morgan fingerprint density at radius 2 is 2.24 bits per heavy atom. The summed E-state index contributed by atoms with van der Waals surface area (Å²) in [7, 11) is 1.66. The highest BCUT2D eigenvalue weighted by atomic mass is 16.5. The van der Waals surface area contributed by atoms with Crippen molar-refractivity contribution in [1.29, 1.82) is 0 Å². The van der Waals surface area contributed by atoms with Gasteiger partial charge in [-0.05, 0) is 48.4 Å². The number of carbonyl (C=O) groups is 2. The maximum absolute atomic E-state index is 12.4. The molecule has 0 unspecified atom stereocenters. The van der Waals surface area contributed by atoms with E-state index in [1.807, 2.05) is 6.07 Å². The van der Waals surface area contributed by atoms with Gasteiger partial charge in [0.05, 0.1) is 7.11 Å². The van der Waals surface area contributed by atoms with Crippen molar-refractivity contribution in [3.63, 3.8) is 0 Å². The topological polar surface area (TPSA) is 99.2 Å². The molecular weight excluding hydrogens is 320 g/mol. The van der Waals surface area contributed by atoms with Gasteiger partial charge in [0.25, 0.3) is 0 Å². The van der Waals surface area contributed by atoms with Gasteiger partial charge in [-0.15, -0.1) is 0 Å². The van der Waals surface area contributed by atoms with E-state index in [0.29, 0.717) is 12.2 Å². The van der Waals surface area contributed by atoms with Gasteiger partial charge >= 0.3 is 0 Å². The van der Waals surface area contributed by atoms with Crippen molar-refractivity contribution in [3.05, 3.63) is 41.6 Å². The standard InChI is InChI=1S/C18H22N4O3/c1-25-14-5-6-15-12(9-14)3-2-4-13(15)10-18(24)20-17-7-8-22(21-17)11-16(19)23/h5-9,13H,2-4,10-11H2,1H3,(H2,19,23)(H,20,21,24)/t13-/m0/s1. The molecule has 3 rings (SSSR count). The van der Waals surface area contributed by atoms with Crippen LogP contribution in [0.1, 0.15) is 36.3 Å². The molecule has 1 heterocycles. The van der Waals surface area contributed by atoms with E-state index in [0.717, 1.165) is 25.0 Å². The molecule has 1 aliphatic rings. The third-order valence-corrected chi connectivity index (χ3v) is 4.45. The number of nitrogens with two attached hydrogens (primary N) is 1. The van der Waals surface area contributed by atoms with E-state index in [-0.39, 0.29) is 18.4 Å². The monoisotopic (exact) mass is 342 g/mol. The summed E-state index contributed by atoms with van der Waals surface area (Å²) in [6, 6.07) is 7.72. The first-order chi connectivity index (χ1) is 12.0. The molecule has 3 N–H and O–H groups in total. The first kappa shape index (κ1) is 17.0. The van der Waals surface area contributed by atoms with E-state index in [4.69, 9.17) is 10.5 Å². The maximum Gasteiger partial charge on any atom is 0.239 e. The molecule has 0 radical (unpaired) electrons. The maximum atomic E-state index is 12.4. The number of carbonyl (C=O) groups excluding carboxylic acids is 2. The van der Waals surface area contributed by atoms with Crippen LogP contribution in [0.15, 0.2) is 30.5 Å². The molecule has 0 spiro atoms. The van der Waals surface area contributed by atoms with Gasteiger partial charge in [-0.3, -0.25) is 14.3 Å². The number of hydrogen-bond donors (Lipinski definition) is 2. The number of nitrogens with zero attached hydrogens (tertiary/aromatic N) is 2. The van der Waals surface area contributed by atoms with Crippen LogP contribution in [0, 0.1) is 0 Å². The molecule has 7 nitrogen and oxygen atoms in total. The van der Waals surface area contributed by atoms with Crippen molar-refractivity contribution >= 4 is 17.6 Å². The van der Waals surface area contributed by atoms with Crippen LogP contribution in [-0.4, -0.2) is 28.7 Å². The highest BCUT2D eigenvalue weighted by molar-refractivity contribution is 5.90. The first-order valence-corrected chi connectivity index (χ1v) is 8.33. The quantitative estimate of drug-likeness (QED) is 0.836. The Morgan fingerprint density at radius 1 is 1.40 bits per heavy atom. The van der Waals surface area contributed by atoms with Crippen LogP contribution in [0.3, 0.4) is 0 Å². The summed E-state index contributed by atoms with van der Waals surface area (Å²) in [4.78, 5) is 23.3. The average Bonchev–Trinajstić information content (AvgIpc) is 3.00. The molecule has 2 amide bonds. The Kier molecular flexibility index (Phi) is 5.02. The number of primary amides is 1. The Hall–Kier alpha value is -2.83. The molecule has 0 bridgehead atoms. The number of anilines is 1. The Labute approximate surface area is 146 Å². The van der Waals surface area contributed by atoms with Crippen LogP contribution in [0.25, 0.3) is 0 Å². The Balaban J connectivity index is 1.64. The predicted molar refractivity (Wildman–Crippen MR) is 93.3 cm³/mol. The molecule has 0 saturated heterocycles. The number of methoxy groups -OCH3 is 1. The minimum absolute atomic E-state index is 0.00625. The van der Waals surface area contributed by atoms with Crippen LogP contribution in [0.4, 0.5) is 5.82 Å². The Morgan fingerprint density at radius 3 is 3.00 bits per heavy atom. The lowest BCUT2D eigenvalue weighted by atomic mass is 9.81. The molecule has 25 heavy (non-hydrogen) atoms. The number of ether oxygens (including phenoxy) is 1. The highest BCUT2D eigenvalue weighted by Gasteiger charge is 2.23. The molecule has 1 atom stereocenters. The van der Waals surface area contributed by atoms with Crippen molar-refractivity contribution in [1.82, 2.24) is 9.78 Å². The van der Waals surface area contributed by atoms with Gasteiger partial charge in [-0.1, -0.05) is 6.07 Å². The number of benzene rings is 1. The van der Waals surface area contributed by atoms with Gasteiger partial charge in [-0.2, -0.15) is 5.10 Å². The van der Waals surface area contributed by atoms with Gasteiger partial charge in [0.15, 0.2) is 5.82 Å². The predicted octanol–water partition coefficient (Wildman–Crippen LogP) is 1.83. The number of rotatable bonds is 6. The molecule has 7 heteroatoms. The number of fused-ring (bicyclic) bond motifs is 1. The summed E-state index contributed by atoms with van der Waals surface area (Å²) in [6.45, 7) is -0.00625. The molecular formula is C18H22N4O3. The van der Waals surface area contributed by atoms with Gasteiger partial charge in [0, 0.05) is 18.7 Å². The Bertz CT molecular complexity index is 784. The summed E-state index contributed by atoms with van der Waals surface area (Å²) in [5, 5.41) is 6.91. The summed E-state index contributed by atoms with van der Waals surface area (Å²) in [5.74, 6) is 0.913. The molecule has 1 aliphatic carbocycles. The van der Waals surface area contributed by atoms with Crippen LogP contribution in [-0.2, 0) is 22.6 Å². The van der Waals surface area contributed by atoms with Gasteiger partial charge in [-0.25, -0.2) is 0 Å². The molecule has 0 saturated carbocycles. The van der Waals surface area contributed by atoms with Crippen LogP contribution >= 0.6 is 0 Å². The zero-order valence-electron chi connectivity index (χ0n) is 14.2. The van der Waals surface area contributed by atoms with E-state index < -0.39 is 5.91 Å². The van der Waals surface area contributed by atoms with Crippen molar-refractivity contribution < 1.29 is 14.3 Å². The second-order valence-corrected chi connectivity index (χ2v) is 6.27. The fourth-order valence-electron chi connectivity index (χ4n) is 3.32. The SMILES string of the molecule is COc1ccc2c(c1)CCC[C@H]2CC(=O)Nc1ccn(CC(N)=O)n1. The lowest BCUT2D eigenvalue weighted by Gasteiger charge is -2.25. The smallest absolute Gasteiger partial charge is 0.239 e. The van der Waals surface area contributed by atoms with Gasteiger partial charge < -0.3 is 15.8 Å². The van der Waals surface area contributed by atoms with E-state index in [2.05, 4.69) is 22.5 Å². The molecule has 0 fully saturated rings. The fraction of sp³-hybridized carbons (Fsp3) is 0.389. The highest BCUT2D eigenvalue weighted by Crippen LogP contribution is 2.35. The fourth-order valence-corrected chi connectivity index (χ4v) is 3.32. The summed E-state index contributed by atoms with van der Waals surface area (Å²) in [5.41, 5.74) is 7.61. The van der Waals surface area contributed by atoms with Crippen LogP contribution in [0.5, 0.6) is 5.75 Å². The number of amides is 2. The number of nitrogens with one attached hydrogen (secondary N) is 1. The number of hydrogen-bond acceptors (Lipinski definition) is 4. The minimum Gasteiger partial charge on any atom is -0.497 e. The largest absolute Gasteiger partial charge is 0.497 e. The van der Waals surface area contributed by atoms with Crippen molar-refractivity contribution in [2.45, 2.75) is 38.1 Å². The second-order valence-electron chi connectivity index (χ2n) is 6.27. The second kappa shape index (κ2) is 7.38. The van der Waals surface area contributed by atoms with E-state index in [1.165, 1.54) is 15.8 Å². The molecule has 0 aliphatic heterocycles. The summed E-state index contributed by atoms with van der Waals surface area (Å²) < 4.78 is 6.69. The number of aromatic nitrogens is 2. The zero-order chi connectivity index (χ0) is 17.8. The van der Waals surface area contributed by atoms with Crippen molar-refractivity contribution in [3.8, 4) is 5.75 Å². The molecule has 2 aromatic rings. The van der Waals surface area contributed by atoms with Crippen molar-refractivity contribution in [2.75, 3.05) is 12.4 Å². The van der Waals surface area contributed by atoms with Crippen LogP contribution in [0.2, 0.25) is 0 Å². The number of aryl methyl sites for hydroxylation is 1. The van der Waals surface area contributed by atoms with E-state index in [9.17, 15) is 9.59 Å². The lowest BCUT2D eigenvalue weighted by Crippen LogP contribution is -2.20. The van der Waals surface area contributed by atoms with E-state index in [1.54, 1.807) is 19.4 Å². The molecule has 1 aromatic carbocycles. The van der Waals surface area contributed by atoms with E-state index >= 15 is 0 Å². The minimum atomic E-state index is -0.477. The third-order valence-electron chi connectivity index (χ3n) is 4.45. The molecule has 1 aromatic heterocycles. The lowest BCUT2D eigenvalue weighted by molar-refractivity contribution is -0.118. The first-order valence-electron chi connectivity index (χ1n) is 8.33. The summed E-state index contributed by atoms with van der Waals surface area (Å²) >= 11 is 0. The van der Waals surface area contributed by atoms with Gasteiger partial charge in [0.1, 0.15) is 12.3 Å². The normalized spacial score (nSPS) is 16.1. The summed E-state index contributed by atoms with van der Waals surface area (Å²) in [6.07, 6.45) is 5.08. The third kappa shape index (κ3) is 4.17. The van der Waals surface area contributed by atoms with Crippen LogP contribution < -0.4 is 15.8 Å². The average molecular weight is 342 g/mol. The van der Waals surface area contributed by atoms with Crippen molar-refractivity contribution in [2.24, 2.45) is 5.73 Å². The van der Waals surface area contributed by atoms with Gasteiger partial charge in [0.2, 0.25) is 11.8 Å². The molecule has 132 valence electrons.